The average molecular weight is 380 g/mol. The van der Waals surface area contributed by atoms with E-state index in [-0.39, 0.29) is 12.7 Å². The standard InChI is InChI=1S/C21H17FN2O4/c1-11-15(12(2)28-24-11)9-21(13-3-6-18-19(7-13)27-10-26-18)16-5-4-14(22)8-17(16)23-20(21)25/h3-8H,9-10H2,1-2H3,(H,23,25). The van der Waals surface area contributed by atoms with E-state index in [0.717, 1.165) is 16.8 Å². The Labute approximate surface area is 160 Å². The highest BCUT2D eigenvalue weighted by Crippen LogP contribution is 2.48. The summed E-state index contributed by atoms with van der Waals surface area (Å²) in [5, 5.41) is 6.87. The molecule has 0 fully saturated rings. The molecule has 28 heavy (non-hydrogen) atoms. The first-order valence-electron chi connectivity index (χ1n) is 8.92. The first-order valence-corrected chi connectivity index (χ1v) is 8.92. The van der Waals surface area contributed by atoms with Gasteiger partial charge in [-0.1, -0.05) is 17.3 Å². The number of halogens is 1. The number of carbonyl (C=O) groups is 1. The topological polar surface area (TPSA) is 73.6 Å². The summed E-state index contributed by atoms with van der Waals surface area (Å²) in [4.78, 5) is 13.4. The van der Waals surface area contributed by atoms with Crippen LogP contribution in [-0.4, -0.2) is 17.9 Å². The Balaban J connectivity index is 1.75. The number of amides is 1. The number of nitrogens with zero attached hydrogens (tertiary/aromatic N) is 1. The largest absolute Gasteiger partial charge is 0.454 e. The van der Waals surface area contributed by atoms with Crippen molar-refractivity contribution in [2.45, 2.75) is 25.7 Å². The molecule has 0 spiro atoms. The van der Waals surface area contributed by atoms with Gasteiger partial charge in [-0.05, 0) is 49.2 Å². The highest BCUT2D eigenvalue weighted by Gasteiger charge is 2.49. The summed E-state index contributed by atoms with van der Waals surface area (Å²) >= 11 is 0. The number of hydrogen-bond donors (Lipinski definition) is 1. The Kier molecular flexibility index (Phi) is 3.49. The Morgan fingerprint density at radius 1 is 1.14 bits per heavy atom. The number of carbonyl (C=O) groups excluding carboxylic acids is 1. The number of aromatic nitrogens is 1. The van der Waals surface area contributed by atoms with Gasteiger partial charge in [0.1, 0.15) is 17.0 Å². The molecule has 5 rings (SSSR count). The van der Waals surface area contributed by atoms with Gasteiger partial charge in [0.15, 0.2) is 11.5 Å². The molecule has 1 aromatic heterocycles. The maximum Gasteiger partial charge on any atom is 0.239 e. The summed E-state index contributed by atoms with van der Waals surface area (Å²) in [5.41, 5.74) is 2.42. The fraction of sp³-hybridized carbons (Fsp3) is 0.238. The van der Waals surface area contributed by atoms with E-state index in [9.17, 15) is 9.18 Å². The van der Waals surface area contributed by atoms with Crippen LogP contribution in [0.1, 0.15) is 28.1 Å². The van der Waals surface area contributed by atoms with Crippen molar-refractivity contribution in [1.82, 2.24) is 5.16 Å². The average Bonchev–Trinajstić information content (AvgIpc) is 3.33. The normalized spacial score (nSPS) is 19.6. The van der Waals surface area contributed by atoms with E-state index >= 15 is 0 Å². The molecule has 1 amide bonds. The molecule has 3 aromatic rings. The zero-order chi connectivity index (χ0) is 19.5. The summed E-state index contributed by atoms with van der Waals surface area (Å²) in [7, 11) is 0. The molecule has 0 aliphatic carbocycles. The third-order valence-corrected chi connectivity index (χ3v) is 5.57. The van der Waals surface area contributed by atoms with Crippen molar-refractivity contribution in [1.29, 1.82) is 0 Å². The number of hydrogen-bond acceptors (Lipinski definition) is 5. The minimum absolute atomic E-state index is 0.143. The maximum absolute atomic E-state index is 13.8. The molecule has 0 saturated carbocycles. The first kappa shape index (κ1) is 16.8. The smallest absolute Gasteiger partial charge is 0.239 e. The summed E-state index contributed by atoms with van der Waals surface area (Å²) < 4.78 is 30.1. The van der Waals surface area contributed by atoms with Crippen LogP contribution in [-0.2, 0) is 16.6 Å². The Hall–Kier alpha value is -3.35. The number of anilines is 1. The minimum atomic E-state index is -1.06. The molecule has 142 valence electrons. The lowest BCUT2D eigenvalue weighted by molar-refractivity contribution is -0.119. The molecule has 0 saturated heterocycles. The van der Waals surface area contributed by atoms with Crippen LogP contribution < -0.4 is 14.8 Å². The second-order valence-corrected chi connectivity index (χ2v) is 7.10. The number of ether oxygens (including phenoxy) is 2. The monoisotopic (exact) mass is 380 g/mol. The van der Waals surface area contributed by atoms with Crippen LogP contribution in [0.5, 0.6) is 11.5 Å². The van der Waals surface area contributed by atoms with Gasteiger partial charge < -0.3 is 19.3 Å². The van der Waals surface area contributed by atoms with E-state index < -0.39 is 11.2 Å². The number of aryl methyl sites for hydroxylation is 2. The molecule has 0 bridgehead atoms. The molecule has 2 aliphatic heterocycles. The second-order valence-electron chi connectivity index (χ2n) is 7.10. The maximum atomic E-state index is 13.8. The summed E-state index contributed by atoms with van der Waals surface area (Å²) in [6.07, 6.45) is 0.332. The molecular formula is C21H17FN2O4. The molecule has 0 radical (unpaired) electrons. The predicted octanol–water partition coefficient (Wildman–Crippen LogP) is 3.64. The fourth-order valence-electron chi connectivity index (χ4n) is 4.09. The van der Waals surface area contributed by atoms with Crippen molar-refractivity contribution in [2.24, 2.45) is 0 Å². The number of fused-ring (bicyclic) bond motifs is 2. The van der Waals surface area contributed by atoms with Gasteiger partial charge in [-0.2, -0.15) is 0 Å². The van der Waals surface area contributed by atoms with Crippen LogP contribution in [0.4, 0.5) is 10.1 Å². The van der Waals surface area contributed by atoms with Crippen molar-refractivity contribution in [3.63, 3.8) is 0 Å². The molecule has 1 N–H and O–H groups in total. The van der Waals surface area contributed by atoms with Gasteiger partial charge in [-0.15, -0.1) is 0 Å². The highest BCUT2D eigenvalue weighted by molar-refractivity contribution is 6.09. The van der Waals surface area contributed by atoms with Gasteiger partial charge in [0.25, 0.3) is 0 Å². The Morgan fingerprint density at radius 2 is 1.96 bits per heavy atom. The van der Waals surface area contributed by atoms with Gasteiger partial charge in [0.05, 0.1) is 5.69 Å². The molecule has 7 heteroatoms. The summed E-state index contributed by atoms with van der Waals surface area (Å²) in [6.45, 7) is 3.81. The van der Waals surface area contributed by atoms with Crippen LogP contribution >= 0.6 is 0 Å². The van der Waals surface area contributed by atoms with Crippen molar-refractivity contribution in [3.8, 4) is 11.5 Å². The van der Waals surface area contributed by atoms with Gasteiger partial charge in [-0.3, -0.25) is 4.79 Å². The van der Waals surface area contributed by atoms with Crippen LogP contribution in [0.25, 0.3) is 0 Å². The van der Waals surface area contributed by atoms with Gasteiger partial charge in [0.2, 0.25) is 12.7 Å². The summed E-state index contributed by atoms with van der Waals surface area (Å²) in [5.74, 6) is 1.23. The van der Waals surface area contributed by atoms with Crippen LogP contribution in [0.2, 0.25) is 0 Å². The second kappa shape index (κ2) is 5.82. The van der Waals surface area contributed by atoms with Crippen LogP contribution in [0.15, 0.2) is 40.9 Å². The van der Waals surface area contributed by atoms with Crippen molar-refractivity contribution < 1.29 is 23.2 Å². The number of benzene rings is 2. The van der Waals surface area contributed by atoms with Crippen molar-refractivity contribution >= 4 is 11.6 Å². The van der Waals surface area contributed by atoms with E-state index in [2.05, 4.69) is 10.5 Å². The van der Waals surface area contributed by atoms with E-state index in [1.54, 1.807) is 12.1 Å². The molecule has 1 unspecified atom stereocenters. The van der Waals surface area contributed by atoms with Crippen molar-refractivity contribution in [2.75, 3.05) is 12.1 Å². The minimum Gasteiger partial charge on any atom is -0.454 e. The molecular weight excluding hydrogens is 363 g/mol. The lowest BCUT2D eigenvalue weighted by Gasteiger charge is -2.28. The lowest BCUT2D eigenvalue weighted by atomic mass is 9.71. The predicted molar refractivity (Wildman–Crippen MR) is 98.1 cm³/mol. The third kappa shape index (κ3) is 2.25. The number of nitrogens with one attached hydrogen (secondary N) is 1. The Morgan fingerprint density at radius 3 is 2.75 bits per heavy atom. The quantitative estimate of drug-likeness (QED) is 0.751. The van der Waals surface area contributed by atoms with Gasteiger partial charge >= 0.3 is 0 Å². The molecule has 6 nitrogen and oxygen atoms in total. The van der Waals surface area contributed by atoms with E-state index in [1.165, 1.54) is 12.1 Å². The van der Waals surface area contributed by atoms with Crippen molar-refractivity contribution in [3.05, 3.63) is 70.4 Å². The summed E-state index contributed by atoms with van der Waals surface area (Å²) in [6, 6.07) is 9.83. The SMILES string of the molecule is Cc1noc(C)c1CC1(c2ccc3c(c2)OCO3)C(=O)Nc2cc(F)ccc21. The van der Waals surface area contributed by atoms with Crippen LogP contribution in [0, 0.1) is 19.7 Å². The van der Waals surface area contributed by atoms with E-state index in [0.29, 0.717) is 34.9 Å². The van der Waals surface area contributed by atoms with Crippen LogP contribution in [0.3, 0.4) is 0 Å². The van der Waals surface area contributed by atoms with Gasteiger partial charge in [0, 0.05) is 17.7 Å². The Bertz CT molecular complexity index is 1100. The first-order chi connectivity index (χ1) is 13.5. The fourth-order valence-corrected chi connectivity index (χ4v) is 4.09. The highest BCUT2D eigenvalue weighted by atomic mass is 19.1. The zero-order valence-electron chi connectivity index (χ0n) is 15.3. The lowest BCUT2D eigenvalue weighted by Crippen LogP contribution is -2.38. The molecule has 2 aromatic carbocycles. The zero-order valence-corrected chi connectivity index (χ0v) is 15.3. The number of rotatable bonds is 3. The molecule has 3 heterocycles. The van der Waals surface area contributed by atoms with Gasteiger partial charge in [-0.25, -0.2) is 4.39 Å². The van der Waals surface area contributed by atoms with E-state index in [4.69, 9.17) is 14.0 Å². The third-order valence-electron chi connectivity index (χ3n) is 5.57. The molecule has 1 atom stereocenters. The molecule has 2 aliphatic rings. The van der Waals surface area contributed by atoms with E-state index in [1.807, 2.05) is 26.0 Å².